The second kappa shape index (κ2) is 5.09. The number of likely N-dealkylation sites (N-methyl/N-ethyl adjacent to an activating group) is 1. The summed E-state index contributed by atoms with van der Waals surface area (Å²) in [7, 11) is 1.88. The van der Waals surface area contributed by atoms with E-state index in [2.05, 4.69) is 11.4 Å². The van der Waals surface area contributed by atoms with Crippen LogP contribution in [0.15, 0.2) is 30.0 Å². The minimum atomic E-state index is -0.0197. The Labute approximate surface area is 105 Å². The molecule has 1 heterocycles. The third kappa shape index (κ3) is 2.34. The summed E-state index contributed by atoms with van der Waals surface area (Å²) in [6, 6.07) is 5.44. The molecule has 2 rings (SSSR count). The van der Waals surface area contributed by atoms with Crippen molar-refractivity contribution in [3.8, 4) is 0 Å². The first kappa shape index (κ1) is 11.8. The van der Waals surface area contributed by atoms with E-state index in [1.165, 1.54) is 0 Å². The van der Waals surface area contributed by atoms with Crippen LogP contribution in [-0.4, -0.2) is 13.7 Å². The van der Waals surface area contributed by atoms with E-state index in [0.29, 0.717) is 10.0 Å². The number of rotatable bonds is 3. The molecule has 1 unspecified atom stereocenters. The largest absolute Gasteiger partial charge is 0.496 e. The van der Waals surface area contributed by atoms with Crippen molar-refractivity contribution in [1.29, 1.82) is 0 Å². The maximum absolute atomic E-state index is 6.17. The second-order valence-electron chi connectivity index (χ2n) is 3.63. The van der Waals surface area contributed by atoms with Gasteiger partial charge in [-0.15, -0.1) is 0 Å². The van der Waals surface area contributed by atoms with Crippen LogP contribution in [0.4, 0.5) is 0 Å². The van der Waals surface area contributed by atoms with Crippen molar-refractivity contribution < 1.29 is 4.74 Å². The average molecular weight is 258 g/mol. The quantitative estimate of drug-likeness (QED) is 0.895. The highest BCUT2D eigenvalue weighted by Gasteiger charge is 2.21. The zero-order valence-corrected chi connectivity index (χ0v) is 10.5. The third-order valence-corrected chi connectivity index (χ3v) is 3.15. The van der Waals surface area contributed by atoms with Crippen LogP contribution in [0.5, 0.6) is 0 Å². The third-order valence-electron chi connectivity index (χ3n) is 2.57. The highest BCUT2D eigenvalue weighted by atomic mass is 35.5. The lowest BCUT2D eigenvalue weighted by Crippen LogP contribution is -2.19. The predicted octanol–water partition coefficient (Wildman–Crippen LogP) is 3.56. The molecule has 0 saturated heterocycles. The van der Waals surface area contributed by atoms with Crippen molar-refractivity contribution in [2.24, 2.45) is 0 Å². The van der Waals surface area contributed by atoms with Crippen LogP contribution in [0.3, 0.4) is 0 Å². The Morgan fingerprint density at radius 3 is 2.81 bits per heavy atom. The molecule has 0 aliphatic carbocycles. The molecule has 1 aromatic rings. The van der Waals surface area contributed by atoms with Gasteiger partial charge in [-0.3, -0.25) is 0 Å². The molecule has 2 nitrogen and oxygen atoms in total. The van der Waals surface area contributed by atoms with E-state index >= 15 is 0 Å². The van der Waals surface area contributed by atoms with E-state index in [1.807, 2.05) is 13.1 Å². The number of nitrogens with one attached hydrogen (secondary N) is 1. The molecule has 86 valence electrons. The van der Waals surface area contributed by atoms with E-state index in [1.54, 1.807) is 12.1 Å². The Kier molecular flexibility index (Phi) is 3.74. The van der Waals surface area contributed by atoms with Gasteiger partial charge in [-0.1, -0.05) is 23.2 Å². The van der Waals surface area contributed by atoms with Crippen molar-refractivity contribution in [3.63, 3.8) is 0 Å². The fourth-order valence-electron chi connectivity index (χ4n) is 1.82. The van der Waals surface area contributed by atoms with Crippen molar-refractivity contribution in [2.75, 3.05) is 13.7 Å². The van der Waals surface area contributed by atoms with E-state index < -0.39 is 0 Å². The van der Waals surface area contributed by atoms with Gasteiger partial charge in [-0.2, -0.15) is 0 Å². The lowest BCUT2D eigenvalue weighted by atomic mass is 10.0. The monoisotopic (exact) mass is 257 g/mol. The topological polar surface area (TPSA) is 21.3 Å². The molecule has 0 amide bonds. The summed E-state index contributed by atoms with van der Waals surface area (Å²) in [5.41, 5.74) is 0.949. The fourth-order valence-corrected chi connectivity index (χ4v) is 2.23. The van der Waals surface area contributed by atoms with Gasteiger partial charge in [0.2, 0.25) is 0 Å². The smallest absolute Gasteiger partial charge is 0.114 e. The molecule has 0 saturated carbocycles. The van der Waals surface area contributed by atoms with Crippen molar-refractivity contribution in [3.05, 3.63) is 45.6 Å². The Hall–Kier alpha value is -0.700. The molecule has 0 bridgehead atoms. The van der Waals surface area contributed by atoms with Gasteiger partial charge in [-0.05, 0) is 36.9 Å². The summed E-state index contributed by atoms with van der Waals surface area (Å²) in [6.45, 7) is 0.742. The highest BCUT2D eigenvalue weighted by Crippen LogP contribution is 2.32. The first-order chi connectivity index (χ1) is 7.72. The number of benzene rings is 1. The van der Waals surface area contributed by atoms with Crippen molar-refractivity contribution >= 4 is 23.2 Å². The summed E-state index contributed by atoms with van der Waals surface area (Å²) in [5.74, 6) is 0.923. The van der Waals surface area contributed by atoms with Gasteiger partial charge in [0.15, 0.2) is 0 Å². The van der Waals surface area contributed by atoms with E-state index in [4.69, 9.17) is 27.9 Å². The highest BCUT2D eigenvalue weighted by molar-refractivity contribution is 6.33. The summed E-state index contributed by atoms with van der Waals surface area (Å²) in [5, 5.41) is 4.57. The molecule has 16 heavy (non-hydrogen) atoms. The fraction of sp³-hybridized carbons (Fsp3) is 0.333. The van der Waals surface area contributed by atoms with E-state index in [0.717, 1.165) is 24.4 Å². The van der Waals surface area contributed by atoms with Gasteiger partial charge in [0, 0.05) is 16.5 Å². The molecule has 0 spiro atoms. The van der Waals surface area contributed by atoms with Gasteiger partial charge in [0.25, 0.3) is 0 Å². The zero-order valence-electron chi connectivity index (χ0n) is 8.97. The second-order valence-corrected chi connectivity index (χ2v) is 4.47. The molecule has 1 aromatic carbocycles. The lowest BCUT2D eigenvalue weighted by molar-refractivity contribution is 0.218. The molecule has 0 radical (unpaired) electrons. The Morgan fingerprint density at radius 2 is 2.19 bits per heavy atom. The van der Waals surface area contributed by atoms with Gasteiger partial charge < -0.3 is 10.1 Å². The van der Waals surface area contributed by atoms with Crippen molar-refractivity contribution in [2.45, 2.75) is 12.5 Å². The molecule has 1 atom stereocenters. The van der Waals surface area contributed by atoms with Gasteiger partial charge >= 0.3 is 0 Å². The van der Waals surface area contributed by atoms with Crippen LogP contribution in [0.2, 0.25) is 10.0 Å². The van der Waals surface area contributed by atoms with Crippen LogP contribution in [0.1, 0.15) is 18.0 Å². The summed E-state index contributed by atoms with van der Waals surface area (Å²) >= 11 is 12.1. The van der Waals surface area contributed by atoms with E-state index in [-0.39, 0.29) is 6.04 Å². The van der Waals surface area contributed by atoms with Gasteiger partial charge in [0.1, 0.15) is 5.76 Å². The molecular weight excluding hydrogens is 245 g/mol. The normalized spacial score (nSPS) is 16.8. The number of ether oxygens (including phenoxy) is 1. The molecule has 1 N–H and O–H groups in total. The minimum Gasteiger partial charge on any atom is -0.496 e. The summed E-state index contributed by atoms with van der Waals surface area (Å²) < 4.78 is 5.55. The molecule has 0 fully saturated rings. The maximum Gasteiger partial charge on any atom is 0.114 e. The molecular formula is C12H13Cl2NO. The Balaban J connectivity index is 2.35. The van der Waals surface area contributed by atoms with Gasteiger partial charge in [-0.25, -0.2) is 0 Å². The Bertz CT molecular complexity index is 417. The number of hydrogen-bond acceptors (Lipinski definition) is 2. The first-order valence-corrected chi connectivity index (χ1v) is 5.93. The van der Waals surface area contributed by atoms with Gasteiger partial charge in [0.05, 0.1) is 12.6 Å². The summed E-state index contributed by atoms with van der Waals surface area (Å²) in [4.78, 5) is 0. The zero-order chi connectivity index (χ0) is 11.5. The van der Waals surface area contributed by atoms with Crippen LogP contribution >= 0.6 is 23.2 Å². The standard InChI is InChI=1S/C12H13Cl2NO/c1-15-12(11-3-2-6-16-11)9-7-8(13)4-5-10(9)14/h3-5,7,12,15H,2,6H2,1H3. The molecule has 1 aliphatic rings. The van der Waals surface area contributed by atoms with Crippen LogP contribution in [0.25, 0.3) is 0 Å². The summed E-state index contributed by atoms with van der Waals surface area (Å²) in [6.07, 6.45) is 3.03. The SMILES string of the molecule is CNC(C1=CCCO1)c1cc(Cl)ccc1Cl. The first-order valence-electron chi connectivity index (χ1n) is 5.17. The molecule has 1 aliphatic heterocycles. The van der Waals surface area contributed by atoms with E-state index in [9.17, 15) is 0 Å². The Morgan fingerprint density at radius 1 is 1.38 bits per heavy atom. The van der Waals surface area contributed by atoms with Crippen molar-refractivity contribution in [1.82, 2.24) is 5.32 Å². The van der Waals surface area contributed by atoms with Crippen LogP contribution in [0, 0.1) is 0 Å². The lowest BCUT2D eigenvalue weighted by Gasteiger charge is -2.19. The molecule has 4 heteroatoms. The maximum atomic E-state index is 6.17. The predicted molar refractivity (Wildman–Crippen MR) is 66.9 cm³/mol. The average Bonchev–Trinajstić information content (AvgIpc) is 2.78. The number of halogens is 2. The van der Waals surface area contributed by atoms with Crippen LogP contribution in [-0.2, 0) is 4.74 Å². The van der Waals surface area contributed by atoms with Crippen LogP contribution < -0.4 is 5.32 Å². The minimum absolute atomic E-state index is 0.0197. The molecule has 0 aromatic heterocycles. The number of hydrogen-bond donors (Lipinski definition) is 1.